The number of imide groups is 1. The summed E-state index contributed by atoms with van der Waals surface area (Å²) in [5.74, 6) is 0.300. The molecular weight excluding hydrogens is 368 g/mol. The van der Waals surface area contributed by atoms with Gasteiger partial charge in [-0.25, -0.2) is 0 Å². The number of aryl methyl sites for hydroxylation is 2. The molecule has 0 radical (unpaired) electrons. The summed E-state index contributed by atoms with van der Waals surface area (Å²) in [6.45, 7) is 7.38. The van der Waals surface area contributed by atoms with Crippen molar-refractivity contribution in [3.63, 3.8) is 0 Å². The number of hydrogen-bond donors (Lipinski definition) is 1. The first-order chi connectivity index (χ1) is 13.9. The van der Waals surface area contributed by atoms with Crippen molar-refractivity contribution in [1.29, 1.82) is 0 Å². The number of fused-ring (bicyclic) bond motifs is 1. The van der Waals surface area contributed by atoms with Crippen molar-refractivity contribution in [3.05, 3.63) is 28.8 Å². The van der Waals surface area contributed by atoms with E-state index in [1.807, 2.05) is 19.9 Å². The van der Waals surface area contributed by atoms with Gasteiger partial charge in [0.2, 0.25) is 17.7 Å². The van der Waals surface area contributed by atoms with E-state index in [0.717, 1.165) is 37.0 Å². The molecule has 1 N–H and O–H groups in total. The van der Waals surface area contributed by atoms with E-state index in [2.05, 4.69) is 18.3 Å². The Balaban J connectivity index is 1.36. The Morgan fingerprint density at radius 1 is 1.10 bits per heavy atom. The third kappa shape index (κ3) is 4.98. The summed E-state index contributed by atoms with van der Waals surface area (Å²) in [5.41, 5.74) is 3.52. The third-order valence-corrected chi connectivity index (χ3v) is 6.16. The lowest BCUT2D eigenvalue weighted by Gasteiger charge is -2.19. The van der Waals surface area contributed by atoms with Crippen LogP contribution in [0.5, 0.6) is 5.75 Å². The van der Waals surface area contributed by atoms with Gasteiger partial charge in [-0.1, -0.05) is 18.9 Å². The van der Waals surface area contributed by atoms with Crippen LogP contribution in [0, 0.1) is 32.6 Å². The Morgan fingerprint density at radius 2 is 1.76 bits per heavy atom. The number of carbonyl (C=O) groups is 3. The van der Waals surface area contributed by atoms with Crippen molar-refractivity contribution in [2.24, 2.45) is 11.8 Å². The highest BCUT2D eigenvalue weighted by Crippen LogP contribution is 2.37. The van der Waals surface area contributed by atoms with E-state index in [0.29, 0.717) is 19.6 Å². The Labute approximate surface area is 173 Å². The second kappa shape index (κ2) is 9.42. The van der Waals surface area contributed by atoms with E-state index in [-0.39, 0.29) is 42.5 Å². The number of benzene rings is 1. The number of likely N-dealkylation sites (tertiary alicyclic amines) is 1. The predicted octanol–water partition coefficient (Wildman–Crippen LogP) is 3.06. The minimum absolute atomic E-state index is 0.0790. The average molecular weight is 401 g/mol. The molecule has 2 fully saturated rings. The first-order valence-electron chi connectivity index (χ1n) is 10.7. The molecule has 1 aromatic rings. The fourth-order valence-electron chi connectivity index (χ4n) is 4.39. The van der Waals surface area contributed by atoms with Gasteiger partial charge in [0.15, 0.2) is 0 Å². The molecule has 2 aliphatic rings. The van der Waals surface area contributed by atoms with Gasteiger partial charge in [-0.05, 0) is 62.8 Å². The van der Waals surface area contributed by atoms with Gasteiger partial charge in [0, 0.05) is 19.5 Å². The molecule has 29 heavy (non-hydrogen) atoms. The van der Waals surface area contributed by atoms with Gasteiger partial charge in [0.05, 0.1) is 18.4 Å². The number of amides is 3. The number of rotatable bonds is 8. The quantitative estimate of drug-likeness (QED) is 0.538. The van der Waals surface area contributed by atoms with Crippen molar-refractivity contribution in [2.75, 3.05) is 19.7 Å². The van der Waals surface area contributed by atoms with Crippen molar-refractivity contribution in [1.82, 2.24) is 10.2 Å². The maximum atomic E-state index is 12.4. The van der Waals surface area contributed by atoms with E-state index in [4.69, 9.17) is 4.74 Å². The fourth-order valence-corrected chi connectivity index (χ4v) is 4.39. The smallest absolute Gasteiger partial charge is 0.233 e. The van der Waals surface area contributed by atoms with Crippen LogP contribution in [-0.4, -0.2) is 42.3 Å². The van der Waals surface area contributed by atoms with Crippen LogP contribution in [0.1, 0.15) is 55.2 Å². The van der Waals surface area contributed by atoms with Crippen LogP contribution in [0.4, 0.5) is 0 Å². The molecule has 1 saturated heterocycles. The zero-order valence-corrected chi connectivity index (χ0v) is 17.8. The van der Waals surface area contributed by atoms with Crippen LogP contribution >= 0.6 is 0 Å². The topological polar surface area (TPSA) is 75.7 Å². The average Bonchev–Trinajstić information content (AvgIpc) is 2.94. The van der Waals surface area contributed by atoms with Gasteiger partial charge in [-0.2, -0.15) is 0 Å². The molecule has 0 bridgehead atoms. The summed E-state index contributed by atoms with van der Waals surface area (Å²) < 4.78 is 5.85. The second-order valence-corrected chi connectivity index (χ2v) is 8.33. The highest BCUT2D eigenvalue weighted by Gasteiger charge is 2.47. The molecule has 1 aromatic carbocycles. The summed E-state index contributed by atoms with van der Waals surface area (Å²) in [7, 11) is 0. The van der Waals surface area contributed by atoms with Gasteiger partial charge in [-0.3, -0.25) is 19.3 Å². The summed E-state index contributed by atoms with van der Waals surface area (Å²) in [6, 6.07) is 4.16. The molecule has 6 nitrogen and oxygen atoms in total. The Morgan fingerprint density at radius 3 is 2.41 bits per heavy atom. The molecular formula is C23H32N2O4. The molecule has 1 aliphatic heterocycles. The van der Waals surface area contributed by atoms with Crippen molar-refractivity contribution in [2.45, 2.75) is 59.3 Å². The first-order valence-corrected chi connectivity index (χ1v) is 10.7. The van der Waals surface area contributed by atoms with E-state index in [9.17, 15) is 14.4 Å². The lowest BCUT2D eigenvalue weighted by molar-refractivity contribution is -0.140. The molecule has 6 heteroatoms. The van der Waals surface area contributed by atoms with E-state index in [1.54, 1.807) is 0 Å². The molecule has 158 valence electrons. The molecule has 0 unspecified atom stereocenters. The first kappa shape index (κ1) is 21.3. The highest BCUT2D eigenvalue weighted by molar-refractivity contribution is 6.05. The van der Waals surface area contributed by atoms with Gasteiger partial charge in [-0.15, -0.1) is 0 Å². The molecule has 1 saturated carbocycles. The third-order valence-electron chi connectivity index (χ3n) is 6.16. The molecule has 1 aliphatic carbocycles. The van der Waals surface area contributed by atoms with Crippen molar-refractivity contribution < 1.29 is 19.1 Å². The highest BCUT2D eigenvalue weighted by atomic mass is 16.5. The second-order valence-electron chi connectivity index (χ2n) is 8.33. The normalized spacial score (nSPS) is 21.3. The van der Waals surface area contributed by atoms with E-state index < -0.39 is 0 Å². The monoisotopic (exact) mass is 400 g/mol. The van der Waals surface area contributed by atoms with E-state index in [1.165, 1.54) is 16.0 Å². The Bertz CT molecular complexity index is 765. The molecule has 0 aromatic heterocycles. The van der Waals surface area contributed by atoms with Crippen molar-refractivity contribution in [3.8, 4) is 5.75 Å². The summed E-state index contributed by atoms with van der Waals surface area (Å²) >= 11 is 0. The number of ether oxygens (including phenoxy) is 1. The van der Waals surface area contributed by atoms with Gasteiger partial charge in [0.25, 0.3) is 0 Å². The largest absolute Gasteiger partial charge is 0.493 e. The number of hydrogen-bond acceptors (Lipinski definition) is 4. The standard InChI is InChI=1S/C23H32N2O4/c1-15-13-16(2)17(3)20(14-15)29-12-6-10-24-21(26)9-11-25-22(27)18-7-4-5-8-19(18)23(25)28/h13-14,18-19H,4-12H2,1-3H3,(H,24,26)/t18-,19-/m1/s1. The molecule has 0 spiro atoms. The van der Waals surface area contributed by atoms with Crippen LogP contribution in [0.15, 0.2) is 12.1 Å². The Kier molecular flexibility index (Phi) is 6.93. The van der Waals surface area contributed by atoms with Crippen molar-refractivity contribution >= 4 is 17.7 Å². The maximum Gasteiger partial charge on any atom is 0.233 e. The predicted molar refractivity (Wildman–Crippen MR) is 111 cm³/mol. The minimum atomic E-state index is -0.148. The Hall–Kier alpha value is -2.37. The SMILES string of the molecule is Cc1cc(C)c(C)c(OCCCNC(=O)CCN2C(=O)[C@@H]3CCCC[C@H]3C2=O)c1. The van der Waals surface area contributed by atoms with Crippen LogP contribution in [0.25, 0.3) is 0 Å². The lowest BCUT2D eigenvalue weighted by Crippen LogP contribution is -2.35. The van der Waals surface area contributed by atoms with Crippen LogP contribution in [-0.2, 0) is 14.4 Å². The van der Waals surface area contributed by atoms with Crippen LogP contribution in [0.2, 0.25) is 0 Å². The molecule has 3 amide bonds. The van der Waals surface area contributed by atoms with Gasteiger partial charge < -0.3 is 10.1 Å². The van der Waals surface area contributed by atoms with Gasteiger partial charge >= 0.3 is 0 Å². The maximum absolute atomic E-state index is 12.4. The van der Waals surface area contributed by atoms with E-state index >= 15 is 0 Å². The van der Waals surface area contributed by atoms with Crippen LogP contribution in [0.3, 0.4) is 0 Å². The number of nitrogens with zero attached hydrogens (tertiary/aromatic N) is 1. The summed E-state index contributed by atoms with van der Waals surface area (Å²) in [4.78, 5) is 38.3. The minimum Gasteiger partial charge on any atom is -0.493 e. The zero-order valence-electron chi connectivity index (χ0n) is 17.8. The summed E-state index contributed by atoms with van der Waals surface area (Å²) in [5, 5.41) is 2.85. The molecule has 2 atom stereocenters. The number of nitrogens with one attached hydrogen (secondary N) is 1. The zero-order chi connectivity index (χ0) is 21.0. The van der Waals surface area contributed by atoms with Crippen LogP contribution < -0.4 is 10.1 Å². The summed E-state index contributed by atoms with van der Waals surface area (Å²) in [6.07, 6.45) is 4.49. The number of carbonyl (C=O) groups excluding carboxylic acids is 3. The fraction of sp³-hybridized carbons (Fsp3) is 0.609. The molecule has 1 heterocycles. The lowest BCUT2D eigenvalue weighted by atomic mass is 9.81. The molecule has 3 rings (SSSR count). The van der Waals surface area contributed by atoms with Gasteiger partial charge in [0.1, 0.15) is 5.75 Å².